The van der Waals surface area contributed by atoms with E-state index in [1.54, 1.807) is 24.1 Å². The number of benzene rings is 2. The van der Waals surface area contributed by atoms with Gasteiger partial charge in [0.1, 0.15) is 11.6 Å². The summed E-state index contributed by atoms with van der Waals surface area (Å²) in [6.07, 6.45) is 2.40. The molecule has 3 unspecified atom stereocenters. The first-order valence-electron chi connectivity index (χ1n) is 11.7. The third kappa shape index (κ3) is 4.73. The van der Waals surface area contributed by atoms with Crippen LogP contribution < -0.4 is 4.74 Å². The number of carbonyl (C=O) groups excluding carboxylic acids is 1. The third-order valence-corrected chi connectivity index (χ3v) is 6.61. The highest BCUT2D eigenvalue weighted by atomic mass is 32.2. The predicted molar refractivity (Wildman–Crippen MR) is 133 cm³/mol. The van der Waals surface area contributed by atoms with Crippen LogP contribution in [0.25, 0.3) is 11.0 Å². The largest absolute Gasteiger partial charge is 0.434 e. The standard InChI is InChI=1S/C24H21F2N3O4S.C2H6/c1-28-19-13-18(21-15(23(28)30)7-5-8-20(21)33-24(25)26)29-17-12-14(6-3-4-11-32-34(2)31)9-10-16(17)27-22(19)29;1-2/h5,7-10,12,18-19,24H,4,11,13H2,1-2H3;1-2H3. The van der Waals surface area contributed by atoms with Crippen molar-refractivity contribution in [2.24, 2.45) is 0 Å². The van der Waals surface area contributed by atoms with Gasteiger partial charge in [0.25, 0.3) is 5.91 Å². The van der Waals surface area contributed by atoms with Gasteiger partial charge in [0.15, 0.2) is 11.1 Å². The molecule has 2 bridgehead atoms. The number of rotatable bonds is 5. The molecule has 10 heteroatoms. The Labute approximate surface area is 211 Å². The first kappa shape index (κ1) is 25.8. The van der Waals surface area contributed by atoms with Crippen molar-refractivity contribution in [2.45, 2.75) is 45.4 Å². The summed E-state index contributed by atoms with van der Waals surface area (Å²) >= 11 is -1.32. The normalized spacial score (nSPS) is 18.5. The molecule has 1 aromatic heterocycles. The monoisotopic (exact) mass is 515 g/mol. The van der Waals surface area contributed by atoms with Gasteiger partial charge in [-0.25, -0.2) is 9.19 Å². The number of halogens is 2. The molecule has 190 valence electrons. The summed E-state index contributed by atoms with van der Waals surface area (Å²) in [5, 5.41) is 0. The van der Waals surface area contributed by atoms with Gasteiger partial charge in [-0.2, -0.15) is 8.78 Å². The summed E-state index contributed by atoms with van der Waals surface area (Å²) in [4.78, 5) is 19.5. The molecule has 0 fully saturated rings. The maximum atomic E-state index is 13.2. The van der Waals surface area contributed by atoms with Gasteiger partial charge >= 0.3 is 6.61 Å². The Morgan fingerprint density at radius 3 is 2.72 bits per heavy atom. The molecule has 0 aliphatic carbocycles. The maximum absolute atomic E-state index is 13.2. The molecule has 2 aromatic carbocycles. The number of imidazole rings is 1. The van der Waals surface area contributed by atoms with Crippen LogP contribution in [0.4, 0.5) is 8.78 Å². The molecule has 3 atom stereocenters. The Morgan fingerprint density at radius 2 is 2.00 bits per heavy atom. The summed E-state index contributed by atoms with van der Waals surface area (Å²) in [6.45, 7) is 1.27. The predicted octanol–water partition coefficient (Wildman–Crippen LogP) is 4.84. The average molecular weight is 516 g/mol. The lowest BCUT2D eigenvalue weighted by Gasteiger charge is -2.24. The van der Waals surface area contributed by atoms with Crippen molar-refractivity contribution in [2.75, 3.05) is 19.9 Å². The fraction of sp³-hybridized carbons (Fsp3) is 0.385. The molecule has 2 aliphatic rings. The van der Waals surface area contributed by atoms with E-state index in [0.717, 1.165) is 16.6 Å². The topological polar surface area (TPSA) is 73.7 Å². The van der Waals surface area contributed by atoms with E-state index in [9.17, 15) is 17.8 Å². The molecule has 1 amide bonds. The van der Waals surface area contributed by atoms with E-state index in [1.807, 2.05) is 36.6 Å². The van der Waals surface area contributed by atoms with Gasteiger partial charge in [0.05, 0.1) is 29.7 Å². The highest BCUT2D eigenvalue weighted by Gasteiger charge is 2.44. The van der Waals surface area contributed by atoms with Crippen molar-refractivity contribution in [1.82, 2.24) is 14.5 Å². The minimum absolute atomic E-state index is 0.00106. The van der Waals surface area contributed by atoms with Crippen LogP contribution in [0, 0.1) is 11.8 Å². The van der Waals surface area contributed by atoms with E-state index in [4.69, 9.17) is 13.9 Å². The van der Waals surface area contributed by atoms with Gasteiger partial charge < -0.3 is 14.2 Å². The van der Waals surface area contributed by atoms with E-state index >= 15 is 0 Å². The molecular weight excluding hydrogens is 488 g/mol. The Hall–Kier alpha value is -3.29. The fourth-order valence-electron chi connectivity index (χ4n) is 4.73. The van der Waals surface area contributed by atoms with Gasteiger partial charge in [-0.3, -0.25) is 8.98 Å². The number of amides is 1. The molecule has 2 aliphatic heterocycles. The van der Waals surface area contributed by atoms with Gasteiger partial charge in [0, 0.05) is 42.8 Å². The molecule has 36 heavy (non-hydrogen) atoms. The quantitative estimate of drug-likeness (QED) is 0.359. The summed E-state index contributed by atoms with van der Waals surface area (Å²) in [6, 6.07) is 9.62. The van der Waals surface area contributed by atoms with E-state index < -0.39 is 17.7 Å². The SMILES string of the molecule is CC.CN1C(=O)c2cccc(OC(F)F)c2C2CC1c1nc3ccc(C#CCCOS(C)=O)cc3n12. The van der Waals surface area contributed by atoms with Crippen LogP contribution >= 0.6 is 0 Å². The zero-order valence-corrected chi connectivity index (χ0v) is 21.3. The van der Waals surface area contributed by atoms with Crippen molar-refractivity contribution in [3.8, 4) is 17.6 Å². The first-order chi connectivity index (χ1) is 17.3. The van der Waals surface area contributed by atoms with Crippen molar-refractivity contribution in [3.63, 3.8) is 0 Å². The van der Waals surface area contributed by atoms with Gasteiger partial charge in [-0.05, 0) is 30.3 Å². The average Bonchev–Trinajstić information content (AvgIpc) is 3.37. The van der Waals surface area contributed by atoms with E-state index in [2.05, 4.69) is 11.8 Å². The van der Waals surface area contributed by atoms with Crippen LogP contribution in [0.3, 0.4) is 0 Å². The number of ether oxygens (including phenoxy) is 1. The Kier molecular flexibility index (Phi) is 7.71. The molecule has 0 spiro atoms. The van der Waals surface area contributed by atoms with Crippen LogP contribution in [0.1, 0.15) is 66.1 Å². The zero-order chi connectivity index (χ0) is 26.0. The number of aromatic nitrogens is 2. The molecule has 0 saturated heterocycles. The van der Waals surface area contributed by atoms with E-state index in [0.29, 0.717) is 29.8 Å². The van der Waals surface area contributed by atoms with Crippen LogP contribution in [-0.4, -0.2) is 51.1 Å². The van der Waals surface area contributed by atoms with Gasteiger partial charge in [-0.15, -0.1) is 0 Å². The number of hydrogen-bond acceptors (Lipinski definition) is 5. The lowest BCUT2D eigenvalue weighted by Crippen LogP contribution is -2.30. The summed E-state index contributed by atoms with van der Waals surface area (Å²) < 4.78 is 49.2. The van der Waals surface area contributed by atoms with E-state index in [1.165, 1.54) is 12.3 Å². The number of hydrogen-bond donors (Lipinski definition) is 0. The molecule has 7 nitrogen and oxygen atoms in total. The lowest BCUT2D eigenvalue weighted by molar-refractivity contribution is -0.0507. The third-order valence-electron chi connectivity index (χ3n) is 6.12. The number of carbonyl (C=O) groups is 1. The Morgan fingerprint density at radius 1 is 1.22 bits per heavy atom. The van der Waals surface area contributed by atoms with E-state index in [-0.39, 0.29) is 30.3 Å². The lowest BCUT2D eigenvalue weighted by atomic mass is 9.97. The molecular formula is C26H27F2N3O4S. The van der Waals surface area contributed by atoms with Gasteiger partial charge in [0.2, 0.25) is 0 Å². The smallest absolute Gasteiger partial charge is 0.387 e. The van der Waals surface area contributed by atoms with Crippen LogP contribution in [0.5, 0.6) is 5.75 Å². The second kappa shape index (κ2) is 10.8. The molecule has 0 N–H and O–H groups in total. The van der Waals surface area contributed by atoms with Crippen molar-refractivity contribution >= 4 is 28.0 Å². The number of nitrogens with zero attached hydrogens (tertiary/aromatic N) is 3. The van der Waals surface area contributed by atoms with Crippen LogP contribution in [0.15, 0.2) is 36.4 Å². The van der Waals surface area contributed by atoms with Crippen molar-refractivity contribution in [3.05, 3.63) is 58.9 Å². The molecule has 3 heterocycles. The van der Waals surface area contributed by atoms with Crippen molar-refractivity contribution < 1.29 is 26.7 Å². The number of alkyl halides is 2. The first-order valence-corrected chi connectivity index (χ1v) is 13.2. The maximum Gasteiger partial charge on any atom is 0.387 e. The highest BCUT2D eigenvalue weighted by Crippen LogP contribution is 2.49. The fourth-order valence-corrected chi connectivity index (χ4v) is 5.05. The summed E-state index contributed by atoms with van der Waals surface area (Å²) in [5.74, 6) is 6.54. The summed E-state index contributed by atoms with van der Waals surface area (Å²) in [5.41, 5.74) is 3.09. The molecule has 0 saturated carbocycles. The Balaban J connectivity index is 0.00000148. The molecule has 3 aromatic rings. The Bertz CT molecular complexity index is 1380. The second-order valence-corrected chi connectivity index (χ2v) is 9.14. The van der Waals surface area contributed by atoms with Crippen molar-refractivity contribution in [1.29, 1.82) is 0 Å². The highest BCUT2D eigenvalue weighted by molar-refractivity contribution is 7.79. The zero-order valence-electron chi connectivity index (χ0n) is 20.5. The summed E-state index contributed by atoms with van der Waals surface area (Å²) in [7, 11) is 1.71. The van der Waals surface area contributed by atoms with Crippen LogP contribution in [0.2, 0.25) is 0 Å². The van der Waals surface area contributed by atoms with Crippen LogP contribution in [-0.2, 0) is 15.3 Å². The minimum Gasteiger partial charge on any atom is -0.434 e. The van der Waals surface area contributed by atoms with Gasteiger partial charge in [-0.1, -0.05) is 31.8 Å². The second-order valence-electron chi connectivity index (χ2n) is 8.10. The number of fused-ring (bicyclic) bond motifs is 9. The molecule has 5 rings (SSSR count). The minimum atomic E-state index is -3.00. The molecule has 0 radical (unpaired) electrons.